The average Bonchev–Trinajstić information content (AvgIpc) is 2.35. The summed E-state index contributed by atoms with van der Waals surface area (Å²) in [5.41, 5.74) is 0.0342. The number of ether oxygens (including phenoxy) is 1. The molecule has 0 radical (unpaired) electrons. The minimum atomic E-state index is -0.892. The number of anilines is 1. The first-order valence-corrected chi connectivity index (χ1v) is 5.81. The summed E-state index contributed by atoms with van der Waals surface area (Å²) in [5.74, 6) is -0.801. The first-order valence-electron chi connectivity index (χ1n) is 5.81. The van der Waals surface area contributed by atoms with Crippen LogP contribution in [0.15, 0.2) is 12.1 Å². The summed E-state index contributed by atoms with van der Waals surface area (Å²) in [5, 5.41) is 11.9. The molecule has 0 amide bonds. The summed E-state index contributed by atoms with van der Waals surface area (Å²) in [6.45, 7) is 5.18. The molecule has 2 N–H and O–H groups in total. The number of aliphatic carboxylic acids is 1. The Kier molecular flexibility index (Phi) is 4.47. The van der Waals surface area contributed by atoms with Crippen LogP contribution in [-0.2, 0) is 9.53 Å². The molecule has 1 rings (SSSR count). The topological polar surface area (TPSA) is 88.5 Å². The molecule has 1 heterocycles. The maximum Gasteiger partial charge on any atom is 0.339 e. The van der Waals surface area contributed by atoms with Crippen LogP contribution in [0.5, 0.6) is 0 Å². The molecule has 0 spiro atoms. The maximum absolute atomic E-state index is 11.4. The predicted octanol–water partition coefficient (Wildman–Crippen LogP) is 1.70. The van der Waals surface area contributed by atoms with Crippen molar-refractivity contribution in [1.82, 2.24) is 4.98 Å². The molecular weight excluding hydrogens is 248 g/mol. The van der Waals surface area contributed by atoms with E-state index in [1.807, 2.05) is 0 Å². The van der Waals surface area contributed by atoms with Crippen molar-refractivity contribution in [3.05, 3.63) is 23.4 Å². The molecule has 6 heteroatoms. The molecule has 0 fully saturated rings. The summed E-state index contributed by atoms with van der Waals surface area (Å²) in [7, 11) is 1.31. The number of esters is 1. The second kappa shape index (κ2) is 5.69. The molecule has 1 aromatic rings. The van der Waals surface area contributed by atoms with Gasteiger partial charge in [0.2, 0.25) is 0 Å². The van der Waals surface area contributed by atoms with Crippen molar-refractivity contribution in [2.45, 2.75) is 20.8 Å². The molecule has 0 aromatic carbocycles. The Morgan fingerprint density at radius 1 is 1.42 bits per heavy atom. The smallest absolute Gasteiger partial charge is 0.339 e. The number of methoxy groups -OCH3 is 1. The lowest BCUT2D eigenvalue weighted by atomic mass is 9.94. The van der Waals surface area contributed by atoms with Gasteiger partial charge in [-0.1, -0.05) is 0 Å². The highest BCUT2D eigenvalue weighted by atomic mass is 16.5. The first-order chi connectivity index (χ1) is 8.77. The SMILES string of the molecule is COC(=O)c1ccc(NCC(C)(C)C(=O)O)nc1C. The fraction of sp³-hybridized carbons (Fsp3) is 0.462. The van der Waals surface area contributed by atoms with Crippen LogP contribution in [0.3, 0.4) is 0 Å². The molecule has 0 bridgehead atoms. The summed E-state index contributed by atoms with van der Waals surface area (Å²) in [4.78, 5) is 26.6. The molecule has 0 unspecified atom stereocenters. The van der Waals surface area contributed by atoms with Gasteiger partial charge in [-0.3, -0.25) is 4.79 Å². The van der Waals surface area contributed by atoms with Gasteiger partial charge in [0.15, 0.2) is 0 Å². The van der Waals surface area contributed by atoms with E-state index < -0.39 is 17.4 Å². The molecule has 19 heavy (non-hydrogen) atoms. The van der Waals surface area contributed by atoms with E-state index in [-0.39, 0.29) is 6.54 Å². The number of rotatable bonds is 5. The van der Waals surface area contributed by atoms with E-state index in [0.29, 0.717) is 17.1 Å². The number of pyridine rings is 1. The fourth-order valence-electron chi connectivity index (χ4n) is 1.37. The van der Waals surface area contributed by atoms with Crippen molar-refractivity contribution in [3.63, 3.8) is 0 Å². The van der Waals surface area contributed by atoms with Gasteiger partial charge in [0, 0.05) is 6.54 Å². The number of aromatic nitrogens is 1. The third-order valence-corrected chi connectivity index (χ3v) is 2.78. The Morgan fingerprint density at radius 3 is 2.53 bits per heavy atom. The lowest BCUT2D eigenvalue weighted by Gasteiger charge is -2.20. The number of nitrogens with zero attached hydrogens (tertiary/aromatic N) is 1. The highest BCUT2D eigenvalue weighted by molar-refractivity contribution is 5.90. The minimum Gasteiger partial charge on any atom is -0.481 e. The fourth-order valence-corrected chi connectivity index (χ4v) is 1.37. The van der Waals surface area contributed by atoms with E-state index in [0.717, 1.165) is 0 Å². The molecule has 1 aromatic heterocycles. The molecule has 0 saturated carbocycles. The number of aryl methyl sites for hydroxylation is 1. The van der Waals surface area contributed by atoms with Crippen LogP contribution < -0.4 is 5.32 Å². The normalized spacial score (nSPS) is 10.9. The van der Waals surface area contributed by atoms with Crippen LogP contribution in [-0.4, -0.2) is 35.7 Å². The zero-order valence-corrected chi connectivity index (χ0v) is 11.5. The van der Waals surface area contributed by atoms with Gasteiger partial charge < -0.3 is 15.2 Å². The Labute approximate surface area is 111 Å². The number of hydrogen-bond donors (Lipinski definition) is 2. The van der Waals surface area contributed by atoms with Gasteiger partial charge in [-0.15, -0.1) is 0 Å². The Bertz CT molecular complexity index is 497. The summed E-state index contributed by atoms with van der Waals surface area (Å²) >= 11 is 0. The zero-order chi connectivity index (χ0) is 14.6. The molecule has 0 aliphatic rings. The Balaban J connectivity index is 2.80. The monoisotopic (exact) mass is 266 g/mol. The number of carbonyl (C=O) groups is 2. The van der Waals surface area contributed by atoms with Crippen molar-refractivity contribution in [3.8, 4) is 0 Å². The standard InChI is InChI=1S/C13H18N2O4/c1-8-9(11(16)19-4)5-6-10(15-8)14-7-13(2,3)12(17)18/h5-6H,7H2,1-4H3,(H,14,15)(H,17,18). The van der Waals surface area contributed by atoms with Crippen LogP contribution in [0.1, 0.15) is 29.9 Å². The summed E-state index contributed by atoms with van der Waals surface area (Å²) < 4.78 is 4.63. The van der Waals surface area contributed by atoms with Crippen LogP contribution in [0, 0.1) is 12.3 Å². The van der Waals surface area contributed by atoms with Gasteiger partial charge in [0.1, 0.15) is 5.82 Å². The number of carbonyl (C=O) groups excluding carboxylic acids is 1. The van der Waals surface area contributed by atoms with Crippen LogP contribution in [0.25, 0.3) is 0 Å². The van der Waals surface area contributed by atoms with Crippen molar-refractivity contribution in [2.24, 2.45) is 5.41 Å². The van der Waals surface area contributed by atoms with Gasteiger partial charge in [0.25, 0.3) is 0 Å². The summed E-state index contributed by atoms with van der Waals surface area (Å²) in [6, 6.07) is 3.22. The molecular formula is C13H18N2O4. The van der Waals surface area contributed by atoms with E-state index in [2.05, 4.69) is 15.0 Å². The van der Waals surface area contributed by atoms with Crippen LogP contribution in [0.2, 0.25) is 0 Å². The van der Waals surface area contributed by atoms with Crippen molar-refractivity contribution in [2.75, 3.05) is 19.0 Å². The average molecular weight is 266 g/mol. The van der Waals surface area contributed by atoms with E-state index in [1.54, 1.807) is 32.9 Å². The Morgan fingerprint density at radius 2 is 2.05 bits per heavy atom. The third kappa shape index (κ3) is 3.67. The van der Waals surface area contributed by atoms with Gasteiger partial charge in [0.05, 0.1) is 23.8 Å². The number of nitrogens with one attached hydrogen (secondary N) is 1. The number of carboxylic acids is 1. The largest absolute Gasteiger partial charge is 0.481 e. The predicted molar refractivity (Wildman–Crippen MR) is 70.2 cm³/mol. The molecule has 104 valence electrons. The maximum atomic E-state index is 11.4. The summed E-state index contributed by atoms with van der Waals surface area (Å²) in [6.07, 6.45) is 0. The lowest BCUT2D eigenvalue weighted by Crippen LogP contribution is -2.32. The zero-order valence-electron chi connectivity index (χ0n) is 11.5. The van der Waals surface area contributed by atoms with E-state index >= 15 is 0 Å². The van der Waals surface area contributed by atoms with Crippen molar-refractivity contribution >= 4 is 17.8 Å². The molecule has 0 atom stereocenters. The van der Waals surface area contributed by atoms with E-state index in [4.69, 9.17) is 5.11 Å². The molecule has 0 saturated heterocycles. The second-order valence-electron chi connectivity index (χ2n) is 4.86. The van der Waals surface area contributed by atoms with E-state index in [9.17, 15) is 9.59 Å². The Hall–Kier alpha value is -2.11. The lowest BCUT2D eigenvalue weighted by molar-refractivity contribution is -0.146. The van der Waals surface area contributed by atoms with Crippen LogP contribution >= 0.6 is 0 Å². The van der Waals surface area contributed by atoms with E-state index in [1.165, 1.54) is 7.11 Å². The van der Waals surface area contributed by atoms with Gasteiger partial charge in [-0.25, -0.2) is 9.78 Å². The third-order valence-electron chi connectivity index (χ3n) is 2.78. The van der Waals surface area contributed by atoms with Gasteiger partial charge in [-0.2, -0.15) is 0 Å². The molecule has 0 aliphatic heterocycles. The van der Waals surface area contributed by atoms with Crippen molar-refractivity contribution < 1.29 is 19.4 Å². The van der Waals surface area contributed by atoms with Crippen molar-refractivity contribution in [1.29, 1.82) is 0 Å². The van der Waals surface area contributed by atoms with Crippen LogP contribution in [0.4, 0.5) is 5.82 Å². The van der Waals surface area contributed by atoms with Gasteiger partial charge >= 0.3 is 11.9 Å². The quantitative estimate of drug-likeness (QED) is 0.788. The highest BCUT2D eigenvalue weighted by Crippen LogP contribution is 2.17. The highest BCUT2D eigenvalue weighted by Gasteiger charge is 2.26. The number of carboxylic acid groups (broad SMARTS) is 1. The number of hydrogen-bond acceptors (Lipinski definition) is 5. The minimum absolute atomic E-state index is 0.242. The van der Waals surface area contributed by atoms with Gasteiger partial charge in [-0.05, 0) is 32.9 Å². The first kappa shape index (κ1) is 14.9. The second-order valence-corrected chi connectivity index (χ2v) is 4.86. The molecule has 6 nitrogen and oxygen atoms in total. The molecule has 0 aliphatic carbocycles.